The van der Waals surface area contributed by atoms with Gasteiger partial charge in [0.25, 0.3) is 0 Å². The van der Waals surface area contributed by atoms with Gasteiger partial charge < -0.3 is 39.8 Å². The molecule has 0 radical (unpaired) electrons. The van der Waals surface area contributed by atoms with Crippen molar-refractivity contribution in [3.8, 4) is 0 Å². The van der Waals surface area contributed by atoms with Gasteiger partial charge in [-0.05, 0) is 18.6 Å². The normalized spacial score (nSPS) is 25.5. The molecule has 11 nitrogen and oxygen atoms in total. The number of carbonyl (C=O) groups excluding carboxylic acids is 3. The fourth-order valence-corrected chi connectivity index (χ4v) is 4.10. The SMILES string of the molecule is CCOC(=O)[C@@H](Cc1c([C@H]2O[C@H](COC(C)=O)[C@@H](O)[C@H](O)[C@@H]2O)[nH]c2ccccc12)NC(C)=O. The van der Waals surface area contributed by atoms with E-state index in [9.17, 15) is 29.7 Å². The van der Waals surface area contributed by atoms with Crippen molar-refractivity contribution >= 4 is 28.7 Å². The van der Waals surface area contributed by atoms with Crippen LogP contribution in [0.3, 0.4) is 0 Å². The number of hydrogen-bond donors (Lipinski definition) is 5. The van der Waals surface area contributed by atoms with Crippen molar-refractivity contribution < 1.29 is 43.9 Å². The molecule has 6 atom stereocenters. The second-order valence-corrected chi connectivity index (χ2v) is 8.14. The van der Waals surface area contributed by atoms with Gasteiger partial charge in [-0.2, -0.15) is 0 Å². The Kier molecular flexibility index (Phi) is 8.26. The third-order valence-corrected chi connectivity index (χ3v) is 5.65. The lowest BCUT2D eigenvalue weighted by Gasteiger charge is -2.40. The van der Waals surface area contributed by atoms with Crippen LogP contribution in [0.15, 0.2) is 24.3 Å². The molecule has 1 aliphatic heterocycles. The van der Waals surface area contributed by atoms with Crippen molar-refractivity contribution in [3.63, 3.8) is 0 Å². The number of rotatable bonds is 8. The smallest absolute Gasteiger partial charge is 0.328 e. The van der Waals surface area contributed by atoms with E-state index >= 15 is 0 Å². The van der Waals surface area contributed by atoms with E-state index in [1.165, 1.54) is 13.8 Å². The van der Waals surface area contributed by atoms with Crippen molar-refractivity contribution in [1.82, 2.24) is 10.3 Å². The summed E-state index contributed by atoms with van der Waals surface area (Å²) in [5.74, 6) is -1.64. The summed E-state index contributed by atoms with van der Waals surface area (Å²) in [6, 6.07) is 6.17. The Morgan fingerprint density at radius 2 is 1.79 bits per heavy atom. The Hall–Kier alpha value is -2.99. The maximum atomic E-state index is 12.5. The van der Waals surface area contributed by atoms with E-state index in [2.05, 4.69) is 10.3 Å². The molecule has 186 valence electrons. The summed E-state index contributed by atoms with van der Waals surface area (Å²) in [6.45, 7) is 3.94. The van der Waals surface area contributed by atoms with Gasteiger partial charge in [-0.3, -0.25) is 9.59 Å². The highest BCUT2D eigenvalue weighted by Crippen LogP contribution is 2.37. The monoisotopic (exact) mass is 478 g/mol. The lowest BCUT2D eigenvalue weighted by Crippen LogP contribution is -2.55. The van der Waals surface area contributed by atoms with Gasteiger partial charge in [0, 0.05) is 31.2 Å². The maximum Gasteiger partial charge on any atom is 0.328 e. The number of carbonyl (C=O) groups is 3. The van der Waals surface area contributed by atoms with Crippen LogP contribution in [0, 0.1) is 0 Å². The molecule has 34 heavy (non-hydrogen) atoms. The van der Waals surface area contributed by atoms with Crippen LogP contribution in [-0.4, -0.2) is 81.8 Å². The van der Waals surface area contributed by atoms with E-state index in [4.69, 9.17) is 14.2 Å². The summed E-state index contributed by atoms with van der Waals surface area (Å²) in [5, 5.41) is 34.9. The highest BCUT2D eigenvalue weighted by molar-refractivity contribution is 5.88. The van der Waals surface area contributed by atoms with E-state index in [1.807, 2.05) is 0 Å². The molecule has 1 aromatic carbocycles. The highest BCUT2D eigenvalue weighted by Gasteiger charge is 2.46. The van der Waals surface area contributed by atoms with Crippen molar-refractivity contribution in [3.05, 3.63) is 35.5 Å². The number of nitrogens with one attached hydrogen (secondary N) is 2. The van der Waals surface area contributed by atoms with Crippen molar-refractivity contribution in [2.75, 3.05) is 13.2 Å². The molecule has 3 rings (SSSR count). The number of esters is 2. The fraction of sp³-hybridized carbons (Fsp3) is 0.522. The van der Waals surface area contributed by atoms with Gasteiger partial charge in [0.1, 0.15) is 43.2 Å². The average molecular weight is 478 g/mol. The molecule has 1 saturated heterocycles. The number of amides is 1. The number of fused-ring (bicyclic) bond motifs is 1. The first-order chi connectivity index (χ1) is 16.1. The van der Waals surface area contributed by atoms with E-state index < -0.39 is 54.4 Å². The first kappa shape index (κ1) is 25.6. The summed E-state index contributed by atoms with van der Waals surface area (Å²) in [7, 11) is 0. The zero-order chi connectivity index (χ0) is 25.0. The van der Waals surface area contributed by atoms with Gasteiger partial charge in [-0.1, -0.05) is 18.2 Å². The summed E-state index contributed by atoms with van der Waals surface area (Å²) in [6.07, 6.45) is -6.86. The minimum Gasteiger partial charge on any atom is -0.464 e. The van der Waals surface area contributed by atoms with E-state index in [-0.39, 0.29) is 19.6 Å². The molecule has 11 heteroatoms. The Morgan fingerprint density at radius 1 is 1.09 bits per heavy atom. The molecule has 2 heterocycles. The number of aliphatic hydroxyl groups excluding tert-OH is 3. The molecule has 1 aliphatic rings. The van der Waals surface area contributed by atoms with Crippen molar-refractivity contribution in [2.24, 2.45) is 0 Å². The van der Waals surface area contributed by atoms with Crippen LogP contribution in [-0.2, 0) is 35.0 Å². The number of hydrogen-bond acceptors (Lipinski definition) is 9. The van der Waals surface area contributed by atoms with Crippen LogP contribution < -0.4 is 5.32 Å². The van der Waals surface area contributed by atoms with Gasteiger partial charge in [0.2, 0.25) is 5.91 Å². The van der Waals surface area contributed by atoms with E-state index in [1.54, 1.807) is 31.2 Å². The van der Waals surface area contributed by atoms with Gasteiger partial charge in [-0.25, -0.2) is 4.79 Å². The summed E-state index contributed by atoms with van der Waals surface area (Å²) >= 11 is 0. The van der Waals surface area contributed by atoms with E-state index in [0.717, 1.165) is 0 Å². The molecule has 0 bridgehead atoms. The molecule has 5 N–H and O–H groups in total. The molecule has 1 amide bonds. The Morgan fingerprint density at radius 3 is 2.44 bits per heavy atom. The molecule has 2 aromatic rings. The minimum absolute atomic E-state index is 0.0115. The number of para-hydroxylation sites is 1. The van der Waals surface area contributed by atoms with Crippen LogP contribution in [0.1, 0.15) is 38.1 Å². The lowest BCUT2D eigenvalue weighted by atomic mass is 9.90. The number of H-pyrrole nitrogens is 1. The third kappa shape index (κ3) is 5.55. The quantitative estimate of drug-likeness (QED) is 0.325. The van der Waals surface area contributed by atoms with Crippen LogP contribution in [0.5, 0.6) is 0 Å². The fourth-order valence-electron chi connectivity index (χ4n) is 4.10. The molecular weight excluding hydrogens is 448 g/mol. The molecule has 0 spiro atoms. The number of aliphatic hydroxyl groups is 3. The first-order valence-electron chi connectivity index (χ1n) is 11.0. The maximum absolute atomic E-state index is 12.5. The Labute approximate surface area is 196 Å². The minimum atomic E-state index is -1.59. The lowest BCUT2D eigenvalue weighted by molar-refractivity contribution is -0.235. The highest BCUT2D eigenvalue weighted by atomic mass is 16.6. The second kappa shape index (κ2) is 11.0. The molecule has 0 aliphatic carbocycles. The second-order valence-electron chi connectivity index (χ2n) is 8.14. The number of aromatic nitrogens is 1. The largest absolute Gasteiger partial charge is 0.464 e. The number of benzene rings is 1. The molecule has 1 aromatic heterocycles. The zero-order valence-electron chi connectivity index (χ0n) is 19.2. The van der Waals surface area contributed by atoms with Gasteiger partial charge in [0.15, 0.2) is 0 Å². The standard InChI is InChI=1S/C23H30N2O9/c1-4-32-23(31)16(24-11(2)26)9-14-13-7-5-6-8-15(13)25-18(14)22-21(30)20(29)19(28)17(34-22)10-33-12(3)27/h5-8,16-17,19-22,25,28-30H,4,9-10H2,1-3H3,(H,24,26)/t16-,17-,19-,20+,21+,22-/m1/s1. The summed E-state index contributed by atoms with van der Waals surface area (Å²) in [5.41, 5.74) is 1.58. The van der Waals surface area contributed by atoms with Gasteiger partial charge in [0.05, 0.1) is 12.3 Å². The summed E-state index contributed by atoms with van der Waals surface area (Å²) in [4.78, 5) is 38.7. The summed E-state index contributed by atoms with van der Waals surface area (Å²) < 4.78 is 15.9. The number of ether oxygens (including phenoxy) is 3. The third-order valence-electron chi connectivity index (χ3n) is 5.65. The Bertz CT molecular complexity index is 1040. The number of aromatic amines is 1. The average Bonchev–Trinajstić information content (AvgIpc) is 3.14. The zero-order valence-corrected chi connectivity index (χ0v) is 19.2. The van der Waals surface area contributed by atoms with Gasteiger partial charge >= 0.3 is 11.9 Å². The van der Waals surface area contributed by atoms with Gasteiger partial charge in [-0.15, -0.1) is 0 Å². The molecule has 1 fully saturated rings. The van der Waals surface area contributed by atoms with E-state index in [0.29, 0.717) is 22.2 Å². The van der Waals surface area contributed by atoms with Crippen LogP contribution in [0.4, 0.5) is 0 Å². The molecular formula is C23H30N2O9. The molecule has 0 saturated carbocycles. The predicted molar refractivity (Wildman–Crippen MR) is 119 cm³/mol. The first-order valence-corrected chi connectivity index (χ1v) is 11.0. The van der Waals surface area contributed by atoms with Crippen LogP contribution >= 0.6 is 0 Å². The predicted octanol–water partition coefficient (Wildman–Crippen LogP) is -0.136. The van der Waals surface area contributed by atoms with Crippen molar-refractivity contribution in [2.45, 2.75) is 63.8 Å². The van der Waals surface area contributed by atoms with Crippen LogP contribution in [0.2, 0.25) is 0 Å². The molecule has 0 unspecified atom stereocenters. The van der Waals surface area contributed by atoms with Crippen LogP contribution in [0.25, 0.3) is 10.9 Å². The van der Waals surface area contributed by atoms with Crippen molar-refractivity contribution in [1.29, 1.82) is 0 Å². The topological polar surface area (TPSA) is 167 Å². The Balaban J connectivity index is 2.02.